The highest BCUT2D eigenvalue weighted by Gasteiger charge is 2.44. The van der Waals surface area contributed by atoms with Gasteiger partial charge in [0, 0.05) is 6.61 Å². The van der Waals surface area contributed by atoms with E-state index in [4.69, 9.17) is 0 Å². The van der Waals surface area contributed by atoms with Gasteiger partial charge in [0.25, 0.3) is 0 Å². The van der Waals surface area contributed by atoms with Crippen molar-refractivity contribution in [2.45, 2.75) is 59.0 Å². The fourth-order valence-corrected chi connectivity index (χ4v) is 3.99. The van der Waals surface area contributed by atoms with E-state index in [1.54, 1.807) is 0 Å². The molecule has 0 aromatic carbocycles. The molecule has 1 fully saturated rings. The number of rotatable bonds is 2. The van der Waals surface area contributed by atoms with Crippen LogP contribution in [0, 0.1) is 17.3 Å². The van der Waals surface area contributed by atoms with E-state index in [1.807, 2.05) is 0 Å². The molecule has 0 amide bonds. The molecule has 2 aliphatic rings. The van der Waals surface area contributed by atoms with Crippen LogP contribution in [0.1, 0.15) is 52.9 Å². The third kappa shape index (κ3) is 2.17. The minimum absolute atomic E-state index is 0.185. The van der Waals surface area contributed by atoms with Crippen molar-refractivity contribution < 1.29 is 10.2 Å². The van der Waals surface area contributed by atoms with Gasteiger partial charge in [0.15, 0.2) is 0 Å². The lowest BCUT2D eigenvalue weighted by Crippen LogP contribution is -2.43. The van der Waals surface area contributed by atoms with Crippen LogP contribution in [0.5, 0.6) is 0 Å². The molecular weight excluding hydrogens is 212 g/mol. The minimum Gasteiger partial charge on any atom is -0.396 e. The molecule has 0 spiro atoms. The van der Waals surface area contributed by atoms with Gasteiger partial charge in [0.05, 0.1) is 6.10 Å². The lowest BCUT2D eigenvalue weighted by molar-refractivity contribution is 0.0192. The quantitative estimate of drug-likeness (QED) is 0.726. The van der Waals surface area contributed by atoms with Crippen LogP contribution in [-0.4, -0.2) is 22.9 Å². The number of hydrogen-bond acceptors (Lipinski definition) is 2. The zero-order valence-corrected chi connectivity index (χ0v) is 11.4. The van der Waals surface area contributed by atoms with Crippen molar-refractivity contribution in [3.05, 3.63) is 11.1 Å². The Hall–Kier alpha value is -0.340. The Morgan fingerprint density at radius 3 is 2.76 bits per heavy atom. The third-order valence-electron chi connectivity index (χ3n) is 5.14. The summed E-state index contributed by atoms with van der Waals surface area (Å²) in [6.07, 6.45) is 5.52. The number of allylic oxidation sites excluding steroid dienone is 1. The summed E-state index contributed by atoms with van der Waals surface area (Å²) in [7, 11) is 0. The van der Waals surface area contributed by atoms with E-state index >= 15 is 0 Å². The van der Waals surface area contributed by atoms with Crippen molar-refractivity contribution in [2.75, 3.05) is 6.61 Å². The molecule has 4 unspecified atom stereocenters. The summed E-state index contributed by atoms with van der Waals surface area (Å²) in [5.41, 5.74) is 2.94. The molecule has 4 atom stereocenters. The molecule has 0 aromatic heterocycles. The average Bonchev–Trinajstić information content (AvgIpc) is 2.28. The second kappa shape index (κ2) is 4.74. The highest BCUT2D eigenvalue weighted by atomic mass is 16.3. The second-order valence-corrected chi connectivity index (χ2v) is 6.42. The maximum atomic E-state index is 10.6. The van der Waals surface area contributed by atoms with Crippen molar-refractivity contribution in [1.29, 1.82) is 0 Å². The standard InChI is InChI=1S/C15H26O2/c1-10-5-4-7-15(3)8-6-12(11(2)9-16)14(17)13(10)15/h11-12,14,16-17H,4-9H2,1-3H3. The lowest BCUT2D eigenvalue weighted by atomic mass is 9.59. The Balaban J connectivity index is 2.29. The van der Waals surface area contributed by atoms with E-state index in [0.29, 0.717) is 0 Å². The van der Waals surface area contributed by atoms with Crippen LogP contribution in [0.2, 0.25) is 0 Å². The smallest absolute Gasteiger partial charge is 0.0789 e. The maximum Gasteiger partial charge on any atom is 0.0789 e. The molecule has 17 heavy (non-hydrogen) atoms. The van der Waals surface area contributed by atoms with Crippen molar-refractivity contribution >= 4 is 0 Å². The molecule has 0 aromatic rings. The SMILES string of the molecule is CC1=C2C(O)C(C(C)CO)CCC2(C)CCC1. The number of aliphatic hydroxyl groups is 2. The fourth-order valence-electron chi connectivity index (χ4n) is 3.99. The van der Waals surface area contributed by atoms with Gasteiger partial charge in [-0.3, -0.25) is 0 Å². The summed E-state index contributed by atoms with van der Waals surface area (Å²) in [6.45, 7) is 6.73. The third-order valence-corrected chi connectivity index (χ3v) is 5.14. The first-order valence-electron chi connectivity index (χ1n) is 6.98. The number of fused-ring (bicyclic) bond motifs is 1. The van der Waals surface area contributed by atoms with Crippen LogP contribution in [0.25, 0.3) is 0 Å². The fraction of sp³-hybridized carbons (Fsp3) is 0.867. The van der Waals surface area contributed by atoms with Crippen molar-refractivity contribution in [3.8, 4) is 0 Å². The van der Waals surface area contributed by atoms with Gasteiger partial charge in [-0.1, -0.05) is 19.4 Å². The van der Waals surface area contributed by atoms with E-state index in [0.717, 1.165) is 12.8 Å². The molecule has 1 saturated carbocycles. The molecule has 98 valence electrons. The molecule has 2 nitrogen and oxygen atoms in total. The molecule has 0 bridgehead atoms. The van der Waals surface area contributed by atoms with Gasteiger partial charge in [-0.15, -0.1) is 0 Å². The van der Waals surface area contributed by atoms with Gasteiger partial charge in [-0.25, -0.2) is 0 Å². The van der Waals surface area contributed by atoms with E-state index in [1.165, 1.54) is 30.4 Å². The molecule has 2 N–H and O–H groups in total. The molecule has 0 saturated heterocycles. The van der Waals surface area contributed by atoms with Crippen LogP contribution in [0.15, 0.2) is 11.1 Å². The molecular formula is C15H26O2. The first-order chi connectivity index (χ1) is 7.99. The van der Waals surface area contributed by atoms with Gasteiger partial charge in [-0.2, -0.15) is 0 Å². The summed E-state index contributed by atoms with van der Waals surface area (Å²) in [5.74, 6) is 0.452. The summed E-state index contributed by atoms with van der Waals surface area (Å²) in [4.78, 5) is 0. The molecule has 0 aliphatic heterocycles. The summed E-state index contributed by atoms with van der Waals surface area (Å²) >= 11 is 0. The highest BCUT2D eigenvalue weighted by molar-refractivity contribution is 5.29. The predicted molar refractivity (Wildman–Crippen MR) is 69.6 cm³/mol. The second-order valence-electron chi connectivity index (χ2n) is 6.42. The topological polar surface area (TPSA) is 40.5 Å². The number of hydrogen-bond donors (Lipinski definition) is 2. The van der Waals surface area contributed by atoms with Crippen LogP contribution < -0.4 is 0 Å². The van der Waals surface area contributed by atoms with E-state index in [9.17, 15) is 10.2 Å². The van der Waals surface area contributed by atoms with Crippen LogP contribution in [0.4, 0.5) is 0 Å². The predicted octanol–water partition coefficient (Wildman–Crippen LogP) is 2.89. The Bertz CT molecular complexity index is 321. The van der Waals surface area contributed by atoms with E-state index in [-0.39, 0.29) is 30.0 Å². The molecule has 2 aliphatic carbocycles. The first-order valence-corrected chi connectivity index (χ1v) is 6.98. The van der Waals surface area contributed by atoms with Crippen LogP contribution in [-0.2, 0) is 0 Å². The van der Waals surface area contributed by atoms with Gasteiger partial charge in [-0.05, 0) is 61.9 Å². The zero-order chi connectivity index (χ0) is 12.6. The molecule has 0 heterocycles. The largest absolute Gasteiger partial charge is 0.396 e. The lowest BCUT2D eigenvalue weighted by Gasteiger charge is -2.48. The number of aliphatic hydroxyl groups excluding tert-OH is 2. The van der Waals surface area contributed by atoms with Gasteiger partial charge in [0.1, 0.15) is 0 Å². The zero-order valence-electron chi connectivity index (χ0n) is 11.4. The van der Waals surface area contributed by atoms with Crippen LogP contribution >= 0.6 is 0 Å². The van der Waals surface area contributed by atoms with Crippen molar-refractivity contribution in [1.82, 2.24) is 0 Å². The van der Waals surface area contributed by atoms with Crippen LogP contribution in [0.3, 0.4) is 0 Å². The van der Waals surface area contributed by atoms with E-state index < -0.39 is 0 Å². The Labute approximate surface area is 105 Å². The molecule has 2 heteroatoms. The Morgan fingerprint density at radius 1 is 1.41 bits per heavy atom. The van der Waals surface area contributed by atoms with E-state index in [2.05, 4.69) is 20.8 Å². The molecule has 2 rings (SSSR count). The van der Waals surface area contributed by atoms with Crippen molar-refractivity contribution in [3.63, 3.8) is 0 Å². The average molecular weight is 238 g/mol. The van der Waals surface area contributed by atoms with Crippen molar-refractivity contribution in [2.24, 2.45) is 17.3 Å². The van der Waals surface area contributed by atoms with Gasteiger partial charge in [0.2, 0.25) is 0 Å². The Kier molecular flexibility index (Phi) is 3.65. The summed E-state index contributed by atoms with van der Waals surface area (Å²) in [5, 5.41) is 19.9. The van der Waals surface area contributed by atoms with Gasteiger partial charge < -0.3 is 10.2 Å². The normalized spacial score (nSPS) is 40.1. The highest BCUT2D eigenvalue weighted by Crippen LogP contribution is 2.52. The maximum absolute atomic E-state index is 10.6. The minimum atomic E-state index is -0.323. The first kappa shape index (κ1) is 13.1. The van der Waals surface area contributed by atoms with Gasteiger partial charge >= 0.3 is 0 Å². The summed E-state index contributed by atoms with van der Waals surface area (Å²) < 4.78 is 0. The molecule has 0 radical (unpaired) electrons. The Morgan fingerprint density at radius 2 is 2.12 bits per heavy atom. The monoisotopic (exact) mass is 238 g/mol. The summed E-state index contributed by atoms with van der Waals surface area (Å²) in [6, 6.07) is 0.